The summed E-state index contributed by atoms with van der Waals surface area (Å²) in [6.07, 6.45) is 0.0706. The molecule has 0 aromatic heterocycles. The van der Waals surface area contributed by atoms with Crippen molar-refractivity contribution in [1.82, 2.24) is 0 Å². The number of benzene rings is 1. The molecule has 0 spiro atoms. The highest BCUT2D eigenvalue weighted by atomic mass is 16.6. The predicted octanol–water partition coefficient (Wildman–Crippen LogP) is 1.56. The van der Waals surface area contributed by atoms with Crippen molar-refractivity contribution in [3.05, 3.63) is 23.8 Å². The maximum Gasteiger partial charge on any atom is 0.313 e. The molecule has 7 nitrogen and oxygen atoms in total. The van der Waals surface area contributed by atoms with E-state index in [2.05, 4.69) is 4.74 Å². The number of esters is 4. The molecular weight excluding hydrogens is 292 g/mol. The SMILES string of the molecule is CC(=O)OC(=O)CCc1cc(OC(C)=O)ccc1OC(C)=O. The molecule has 0 fully saturated rings. The number of rotatable bonds is 5. The third kappa shape index (κ3) is 6.17. The van der Waals surface area contributed by atoms with E-state index in [0.717, 1.165) is 6.92 Å². The van der Waals surface area contributed by atoms with Crippen LogP contribution in [0.5, 0.6) is 11.5 Å². The van der Waals surface area contributed by atoms with E-state index in [1.807, 2.05) is 0 Å². The van der Waals surface area contributed by atoms with Crippen LogP contribution in [-0.2, 0) is 30.3 Å². The lowest BCUT2D eigenvalue weighted by Gasteiger charge is -2.10. The Kier molecular flexibility index (Phi) is 6.25. The van der Waals surface area contributed by atoms with Gasteiger partial charge in [0.25, 0.3) is 0 Å². The van der Waals surface area contributed by atoms with Crippen LogP contribution in [0.25, 0.3) is 0 Å². The highest BCUT2D eigenvalue weighted by molar-refractivity contribution is 5.84. The Balaban J connectivity index is 2.90. The van der Waals surface area contributed by atoms with Gasteiger partial charge in [0, 0.05) is 20.8 Å². The Morgan fingerprint density at radius 1 is 0.909 bits per heavy atom. The summed E-state index contributed by atoms with van der Waals surface area (Å²) in [5, 5.41) is 0. The minimum Gasteiger partial charge on any atom is -0.427 e. The monoisotopic (exact) mass is 308 g/mol. The molecule has 0 atom stereocenters. The van der Waals surface area contributed by atoms with Crippen LogP contribution >= 0.6 is 0 Å². The fourth-order valence-electron chi connectivity index (χ4n) is 1.68. The van der Waals surface area contributed by atoms with Gasteiger partial charge in [-0.05, 0) is 30.2 Å². The topological polar surface area (TPSA) is 96.0 Å². The van der Waals surface area contributed by atoms with Crippen molar-refractivity contribution < 1.29 is 33.4 Å². The Labute approximate surface area is 127 Å². The zero-order valence-electron chi connectivity index (χ0n) is 12.5. The second kappa shape index (κ2) is 7.92. The lowest BCUT2D eigenvalue weighted by atomic mass is 10.1. The molecule has 0 heterocycles. The number of aryl methyl sites for hydroxylation is 1. The van der Waals surface area contributed by atoms with Crippen molar-refractivity contribution in [3.63, 3.8) is 0 Å². The van der Waals surface area contributed by atoms with E-state index >= 15 is 0 Å². The van der Waals surface area contributed by atoms with Gasteiger partial charge in [0.05, 0.1) is 6.42 Å². The molecule has 0 unspecified atom stereocenters. The standard InChI is InChI=1S/C15H16O7/c1-9(16)20-13-5-6-14(21-10(2)17)12(8-13)4-7-15(19)22-11(3)18/h5-6,8H,4,7H2,1-3H3. The molecule has 7 heteroatoms. The number of hydrogen-bond acceptors (Lipinski definition) is 7. The number of ether oxygens (including phenoxy) is 3. The van der Waals surface area contributed by atoms with Gasteiger partial charge in [0.2, 0.25) is 0 Å². The summed E-state index contributed by atoms with van der Waals surface area (Å²) >= 11 is 0. The quantitative estimate of drug-likeness (QED) is 0.462. The molecule has 0 N–H and O–H groups in total. The summed E-state index contributed by atoms with van der Waals surface area (Å²) in [5.41, 5.74) is 0.481. The molecule has 1 aromatic carbocycles. The van der Waals surface area contributed by atoms with Crippen LogP contribution in [0, 0.1) is 0 Å². The predicted molar refractivity (Wildman–Crippen MR) is 74.2 cm³/mol. The summed E-state index contributed by atoms with van der Waals surface area (Å²) in [6, 6.07) is 4.42. The summed E-state index contributed by atoms with van der Waals surface area (Å²) in [4.78, 5) is 44.1. The Hall–Kier alpha value is -2.70. The molecule has 0 bridgehead atoms. The second-order valence-electron chi connectivity index (χ2n) is 4.42. The van der Waals surface area contributed by atoms with Crippen molar-refractivity contribution in [2.24, 2.45) is 0 Å². The zero-order valence-corrected chi connectivity index (χ0v) is 12.5. The summed E-state index contributed by atoms with van der Waals surface area (Å²) in [6.45, 7) is 3.63. The van der Waals surface area contributed by atoms with Gasteiger partial charge < -0.3 is 14.2 Å². The van der Waals surface area contributed by atoms with E-state index < -0.39 is 23.9 Å². The first-order chi connectivity index (χ1) is 10.3. The first-order valence-corrected chi connectivity index (χ1v) is 6.49. The molecule has 0 aliphatic rings. The highest BCUT2D eigenvalue weighted by Gasteiger charge is 2.13. The summed E-state index contributed by atoms with van der Waals surface area (Å²) in [5.74, 6) is -1.90. The van der Waals surface area contributed by atoms with Gasteiger partial charge in [0.1, 0.15) is 11.5 Å². The van der Waals surface area contributed by atoms with E-state index in [1.54, 1.807) is 0 Å². The van der Waals surface area contributed by atoms with Gasteiger partial charge >= 0.3 is 23.9 Å². The normalized spacial score (nSPS) is 9.77. The van der Waals surface area contributed by atoms with Gasteiger partial charge in [-0.3, -0.25) is 19.2 Å². The molecule has 1 rings (SSSR count). The van der Waals surface area contributed by atoms with E-state index in [-0.39, 0.29) is 24.3 Å². The molecule has 0 saturated heterocycles. The number of carbonyl (C=O) groups excluding carboxylic acids is 4. The molecule has 0 saturated carbocycles. The first-order valence-electron chi connectivity index (χ1n) is 6.49. The molecular formula is C15H16O7. The first kappa shape index (κ1) is 17.4. The van der Waals surface area contributed by atoms with Crippen molar-refractivity contribution in [2.45, 2.75) is 33.6 Å². The van der Waals surface area contributed by atoms with Gasteiger partial charge in [-0.2, -0.15) is 0 Å². The average molecular weight is 308 g/mol. The molecule has 1 aromatic rings. The van der Waals surface area contributed by atoms with Crippen LogP contribution < -0.4 is 9.47 Å². The lowest BCUT2D eigenvalue weighted by molar-refractivity contribution is -0.158. The van der Waals surface area contributed by atoms with Crippen LogP contribution in [0.3, 0.4) is 0 Å². The number of hydrogen-bond donors (Lipinski definition) is 0. The highest BCUT2D eigenvalue weighted by Crippen LogP contribution is 2.26. The van der Waals surface area contributed by atoms with Crippen LogP contribution in [0.2, 0.25) is 0 Å². The summed E-state index contributed by atoms with van der Waals surface area (Å²) in [7, 11) is 0. The average Bonchev–Trinajstić information content (AvgIpc) is 2.36. The summed E-state index contributed by atoms with van der Waals surface area (Å²) < 4.78 is 14.4. The van der Waals surface area contributed by atoms with Gasteiger partial charge in [-0.1, -0.05) is 0 Å². The van der Waals surface area contributed by atoms with Crippen molar-refractivity contribution in [3.8, 4) is 11.5 Å². The third-order valence-corrected chi connectivity index (χ3v) is 2.40. The minimum absolute atomic E-state index is 0.0859. The Bertz CT molecular complexity index is 604. The van der Waals surface area contributed by atoms with Gasteiger partial charge in [-0.15, -0.1) is 0 Å². The van der Waals surface area contributed by atoms with Crippen LogP contribution in [0.4, 0.5) is 0 Å². The maximum atomic E-state index is 11.4. The van der Waals surface area contributed by atoms with Crippen LogP contribution in [0.1, 0.15) is 32.8 Å². The fourth-order valence-corrected chi connectivity index (χ4v) is 1.68. The molecule has 0 amide bonds. The smallest absolute Gasteiger partial charge is 0.313 e. The fraction of sp³-hybridized carbons (Fsp3) is 0.333. The van der Waals surface area contributed by atoms with Crippen molar-refractivity contribution in [1.29, 1.82) is 0 Å². The van der Waals surface area contributed by atoms with Gasteiger partial charge in [0.15, 0.2) is 0 Å². The number of carbonyl (C=O) groups is 4. The zero-order chi connectivity index (χ0) is 16.7. The second-order valence-corrected chi connectivity index (χ2v) is 4.42. The van der Waals surface area contributed by atoms with E-state index in [4.69, 9.17) is 9.47 Å². The molecule has 0 aliphatic carbocycles. The Morgan fingerprint density at radius 2 is 1.55 bits per heavy atom. The van der Waals surface area contributed by atoms with E-state index in [0.29, 0.717) is 5.56 Å². The van der Waals surface area contributed by atoms with E-state index in [9.17, 15) is 19.2 Å². The third-order valence-electron chi connectivity index (χ3n) is 2.40. The minimum atomic E-state index is -0.695. The van der Waals surface area contributed by atoms with Gasteiger partial charge in [-0.25, -0.2) is 0 Å². The van der Waals surface area contributed by atoms with Crippen LogP contribution in [0.15, 0.2) is 18.2 Å². The van der Waals surface area contributed by atoms with Crippen molar-refractivity contribution in [2.75, 3.05) is 0 Å². The molecule has 22 heavy (non-hydrogen) atoms. The molecule has 118 valence electrons. The lowest BCUT2D eigenvalue weighted by Crippen LogP contribution is -2.11. The van der Waals surface area contributed by atoms with Crippen molar-refractivity contribution >= 4 is 23.9 Å². The molecule has 0 radical (unpaired) electrons. The maximum absolute atomic E-state index is 11.4. The Morgan fingerprint density at radius 3 is 2.09 bits per heavy atom. The van der Waals surface area contributed by atoms with Crippen LogP contribution in [-0.4, -0.2) is 23.9 Å². The van der Waals surface area contributed by atoms with E-state index in [1.165, 1.54) is 32.0 Å². The molecule has 0 aliphatic heterocycles. The largest absolute Gasteiger partial charge is 0.427 e.